The fourth-order valence-corrected chi connectivity index (χ4v) is 1.88. The van der Waals surface area contributed by atoms with Crippen molar-refractivity contribution in [3.63, 3.8) is 0 Å². The molecule has 22 heavy (non-hydrogen) atoms. The van der Waals surface area contributed by atoms with E-state index in [9.17, 15) is 22.4 Å². The molecule has 0 saturated heterocycles. The van der Waals surface area contributed by atoms with E-state index in [0.717, 1.165) is 0 Å². The molecule has 2 rings (SSSR count). The zero-order valence-corrected chi connectivity index (χ0v) is 11.6. The van der Waals surface area contributed by atoms with Gasteiger partial charge in [-0.3, -0.25) is 0 Å². The number of hydrogen-bond donors (Lipinski definition) is 0. The van der Waals surface area contributed by atoms with Crippen LogP contribution in [0.25, 0.3) is 11.3 Å². The first kappa shape index (κ1) is 16.0. The molecule has 1 heterocycles. The number of halogens is 4. The Hall–Kier alpha value is -2.38. The smallest absolute Gasteiger partial charge is 0.416 e. The van der Waals surface area contributed by atoms with Crippen molar-refractivity contribution in [3.05, 3.63) is 40.9 Å². The van der Waals surface area contributed by atoms with Crippen molar-refractivity contribution in [2.75, 3.05) is 6.61 Å². The zero-order chi connectivity index (χ0) is 16.5. The third kappa shape index (κ3) is 2.95. The molecule has 0 amide bonds. The molecular weight excluding hydrogens is 306 g/mol. The largest absolute Gasteiger partial charge is 0.462 e. The Kier molecular flexibility index (Phi) is 4.20. The summed E-state index contributed by atoms with van der Waals surface area (Å²) in [5.41, 5.74) is -2.05. The fourth-order valence-electron chi connectivity index (χ4n) is 1.88. The van der Waals surface area contributed by atoms with Crippen LogP contribution in [0.3, 0.4) is 0 Å². The Balaban J connectivity index is 2.60. The molecule has 1 aromatic heterocycles. The van der Waals surface area contributed by atoms with E-state index in [0.29, 0.717) is 18.2 Å². The first-order valence-electron chi connectivity index (χ1n) is 6.26. The number of nitrogens with zero attached hydrogens (tertiary/aromatic N) is 1. The van der Waals surface area contributed by atoms with Crippen LogP contribution in [0.5, 0.6) is 0 Å². The van der Waals surface area contributed by atoms with E-state index in [4.69, 9.17) is 9.26 Å². The summed E-state index contributed by atoms with van der Waals surface area (Å²) in [5.74, 6) is -1.76. The molecule has 118 valence electrons. The van der Waals surface area contributed by atoms with Crippen LogP contribution in [0.1, 0.15) is 28.6 Å². The van der Waals surface area contributed by atoms with E-state index >= 15 is 0 Å². The highest BCUT2D eigenvalue weighted by Crippen LogP contribution is 2.35. The van der Waals surface area contributed by atoms with E-state index in [1.54, 1.807) is 6.92 Å². The second kappa shape index (κ2) is 5.78. The van der Waals surface area contributed by atoms with Crippen LogP contribution >= 0.6 is 0 Å². The van der Waals surface area contributed by atoms with E-state index in [1.807, 2.05) is 0 Å². The number of aryl methyl sites for hydroxylation is 1. The van der Waals surface area contributed by atoms with Gasteiger partial charge in [0.2, 0.25) is 0 Å². The van der Waals surface area contributed by atoms with Crippen LogP contribution < -0.4 is 0 Å². The van der Waals surface area contributed by atoms with Crippen LogP contribution in [0.4, 0.5) is 17.6 Å². The number of hydrogen-bond acceptors (Lipinski definition) is 4. The minimum absolute atomic E-state index is 0.0326. The maximum atomic E-state index is 13.9. The van der Waals surface area contributed by atoms with Gasteiger partial charge < -0.3 is 9.26 Å². The molecule has 0 N–H and O–H groups in total. The first-order chi connectivity index (χ1) is 10.3. The van der Waals surface area contributed by atoms with Crippen LogP contribution in [-0.4, -0.2) is 17.7 Å². The molecule has 0 atom stereocenters. The van der Waals surface area contributed by atoms with Crippen molar-refractivity contribution in [1.82, 2.24) is 5.16 Å². The van der Waals surface area contributed by atoms with Gasteiger partial charge in [0.1, 0.15) is 22.8 Å². The number of carbonyl (C=O) groups is 1. The Morgan fingerprint density at radius 3 is 2.64 bits per heavy atom. The highest BCUT2D eigenvalue weighted by Gasteiger charge is 2.33. The number of ether oxygens (including phenoxy) is 1. The van der Waals surface area contributed by atoms with E-state index in [1.165, 1.54) is 6.92 Å². The van der Waals surface area contributed by atoms with Crippen LogP contribution in [0.2, 0.25) is 0 Å². The zero-order valence-electron chi connectivity index (χ0n) is 11.6. The minimum atomic E-state index is -4.65. The molecule has 0 aliphatic carbocycles. The summed E-state index contributed by atoms with van der Waals surface area (Å²) in [5, 5.41) is 3.49. The SMILES string of the molecule is CCOC(=O)c1c(-c2cc(C(F)(F)F)ccc2F)noc1C. The van der Waals surface area contributed by atoms with Gasteiger partial charge in [-0.05, 0) is 32.0 Å². The van der Waals surface area contributed by atoms with E-state index in [2.05, 4.69) is 5.16 Å². The van der Waals surface area contributed by atoms with Crippen molar-refractivity contribution in [2.45, 2.75) is 20.0 Å². The Labute approximate surface area is 122 Å². The number of aromatic nitrogens is 1. The van der Waals surface area contributed by atoms with Crippen molar-refractivity contribution < 1.29 is 31.6 Å². The van der Waals surface area contributed by atoms with Gasteiger partial charge in [-0.15, -0.1) is 0 Å². The monoisotopic (exact) mass is 317 g/mol. The van der Waals surface area contributed by atoms with Crippen molar-refractivity contribution in [2.24, 2.45) is 0 Å². The summed E-state index contributed by atoms with van der Waals surface area (Å²) in [6, 6.07) is 1.85. The average Bonchev–Trinajstić information content (AvgIpc) is 2.80. The molecule has 8 heteroatoms. The number of rotatable bonds is 3. The number of benzene rings is 1. The van der Waals surface area contributed by atoms with Gasteiger partial charge in [-0.1, -0.05) is 5.16 Å². The Bertz CT molecular complexity index is 707. The lowest BCUT2D eigenvalue weighted by Crippen LogP contribution is -2.08. The van der Waals surface area contributed by atoms with E-state index < -0.39 is 29.1 Å². The first-order valence-corrected chi connectivity index (χ1v) is 6.26. The van der Waals surface area contributed by atoms with E-state index in [-0.39, 0.29) is 23.6 Å². The molecule has 0 radical (unpaired) electrons. The highest BCUT2D eigenvalue weighted by molar-refractivity contribution is 5.97. The topological polar surface area (TPSA) is 52.3 Å². The van der Waals surface area contributed by atoms with Crippen molar-refractivity contribution in [1.29, 1.82) is 0 Å². The van der Waals surface area contributed by atoms with Crippen LogP contribution in [0.15, 0.2) is 22.7 Å². The highest BCUT2D eigenvalue weighted by atomic mass is 19.4. The molecule has 2 aromatic rings. The quantitative estimate of drug-likeness (QED) is 0.634. The van der Waals surface area contributed by atoms with Crippen molar-refractivity contribution >= 4 is 5.97 Å². The number of esters is 1. The predicted molar refractivity (Wildman–Crippen MR) is 67.6 cm³/mol. The summed E-state index contributed by atoms with van der Waals surface area (Å²) in [6.07, 6.45) is -4.65. The van der Waals surface area contributed by atoms with Gasteiger partial charge in [0.05, 0.1) is 12.2 Å². The molecule has 0 fully saturated rings. The number of carbonyl (C=O) groups excluding carboxylic acids is 1. The molecule has 1 aromatic carbocycles. The van der Waals surface area contributed by atoms with Gasteiger partial charge >= 0.3 is 12.1 Å². The second-order valence-corrected chi connectivity index (χ2v) is 4.38. The van der Waals surface area contributed by atoms with Gasteiger partial charge in [0.25, 0.3) is 0 Å². The molecular formula is C14H11F4NO3. The lowest BCUT2D eigenvalue weighted by molar-refractivity contribution is -0.137. The second-order valence-electron chi connectivity index (χ2n) is 4.38. The van der Waals surface area contributed by atoms with Gasteiger partial charge in [-0.2, -0.15) is 13.2 Å². The summed E-state index contributed by atoms with van der Waals surface area (Å²) >= 11 is 0. The van der Waals surface area contributed by atoms with Crippen molar-refractivity contribution in [3.8, 4) is 11.3 Å². The van der Waals surface area contributed by atoms with Gasteiger partial charge in [-0.25, -0.2) is 9.18 Å². The lowest BCUT2D eigenvalue weighted by atomic mass is 10.0. The molecule has 0 unspecified atom stereocenters. The van der Waals surface area contributed by atoms with Crippen LogP contribution in [0, 0.1) is 12.7 Å². The minimum Gasteiger partial charge on any atom is -0.462 e. The normalized spacial score (nSPS) is 11.5. The molecule has 4 nitrogen and oxygen atoms in total. The molecule has 0 spiro atoms. The maximum absolute atomic E-state index is 13.9. The molecule has 0 aliphatic rings. The van der Waals surface area contributed by atoms with Crippen LogP contribution in [-0.2, 0) is 10.9 Å². The Morgan fingerprint density at radius 1 is 1.36 bits per heavy atom. The third-order valence-electron chi connectivity index (χ3n) is 2.89. The summed E-state index contributed by atoms with van der Waals surface area (Å²) in [4.78, 5) is 11.8. The molecule has 0 aliphatic heterocycles. The number of alkyl halides is 3. The molecule has 0 bridgehead atoms. The lowest BCUT2D eigenvalue weighted by Gasteiger charge is -2.09. The summed E-state index contributed by atoms with van der Waals surface area (Å²) < 4.78 is 61.7. The average molecular weight is 317 g/mol. The molecule has 0 saturated carbocycles. The van der Waals surface area contributed by atoms with Gasteiger partial charge in [0.15, 0.2) is 0 Å². The Morgan fingerprint density at radius 2 is 2.05 bits per heavy atom. The van der Waals surface area contributed by atoms with Gasteiger partial charge in [0, 0.05) is 5.56 Å². The third-order valence-corrected chi connectivity index (χ3v) is 2.89. The fraction of sp³-hybridized carbons (Fsp3) is 0.286. The predicted octanol–water partition coefficient (Wildman–Crippen LogP) is 3.98. The standard InChI is InChI=1S/C14H11F4NO3/c1-3-21-13(20)11-7(2)22-19-12(11)9-6-8(14(16,17)18)4-5-10(9)15/h4-6H,3H2,1-2H3. The summed E-state index contributed by atoms with van der Waals surface area (Å²) in [6.45, 7) is 2.99. The maximum Gasteiger partial charge on any atom is 0.416 e. The summed E-state index contributed by atoms with van der Waals surface area (Å²) in [7, 11) is 0.